The van der Waals surface area contributed by atoms with E-state index in [2.05, 4.69) is 15.2 Å². The van der Waals surface area contributed by atoms with Gasteiger partial charge >= 0.3 is 0 Å². The monoisotopic (exact) mass is 246 g/mol. The Bertz CT molecular complexity index is 546. The molecule has 94 valence electrons. The maximum atomic E-state index is 12.2. The molecule has 2 aromatic rings. The molecule has 1 saturated heterocycles. The van der Waals surface area contributed by atoms with Crippen LogP contribution in [-0.4, -0.2) is 39.1 Å². The lowest BCUT2D eigenvalue weighted by Gasteiger charge is -2.14. The summed E-state index contributed by atoms with van der Waals surface area (Å²) in [6, 6.07) is 1.96. The Hall–Kier alpha value is -2.11. The Morgan fingerprint density at radius 1 is 1.61 bits per heavy atom. The van der Waals surface area contributed by atoms with Gasteiger partial charge in [-0.15, -0.1) is 0 Å². The molecular weight excluding hydrogens is 232 g/mol. The van der Waals surface area contributed by atoms with Gasteiger partial charge in [0.25, 0.3) is 5.91 Å². The Balaban J connectivity index is 1.70. The van der Waals surface area contributed by atoms with E-state index < -0.39 is 0 Å². The van der Waals surface area contributed by atoms with E-state index in [-0.39, 0.29) is 5.91 Å². The highest BCUT2D eigenvalue weighted by molar-refractivity contribution is 5.92. The molecule has 1 aliphatic heterocycles. The standard InChI is InChI=1S/C12H14N4O2/c1-8-14-11(7-18-8)12(17)16-5-3-9(6-16)10-2-4-13-15-10/h2,4,7,9H,3,5-6H2,1H3,(H,13,15)/t9-/m1/s1. The molecule has 1 amide bonds. The number of hydrogen-bond donors (Lipinski definition) is 1. The van der Waals surface area contributed by atoms with Crippen LogP contribution in [0.25, 0.3) is 0 Å². The second-order valence-electron chi connectivity index (χ2n) is 4.50. The molecule has 1 aliphatic rings. The van der Waals surface area contributed by atoms with Crippen LogP contribution in [0.2, 0.25) is 0 Å². The van der Waals surface area contributed by atoms with Gasteiger partial charge in [-0.1, -0.05) is 0 Å². The number of rotatable bonds is 2. The van der Waals surface area contributed by atoms with Gasteiger partial charge in [-0.05, 0) is 12.5 Å². The summed E-state index contributed by atoms with van der Waals surface area (Å²) in [6.07, 6.45) is 4.10. The van der Waals surface area contributed by atoms with E-state index in [0.717, 1.165) is 18.7 Å². The number of nitrogens with zero attached hydrogens (tertiary/aromatic N) is 3. The van der Waals surface area contributed by atoms with Crippen LogP contribution in [0, 0.1) is 6.92 Å². The first-order valence-corrected chi connectivity index (χ1v) is 5.94. The summed E-state index contributed by atoms with van der Waals surface area (Å²) in [4.78, 5) is 18.0. The zero-order valence-electron chi connectivity index (χ0n) is 10.1. The summed E-state index contributed by atoms with van der Waals surface area (Å²) in [7, 11) is 0. The molecule has 0 saturated carbocycles. The fourth-order valence-corrected chi connectivity index (χ4v) is 2.32. The third-order valence-electron chi connectivity index (χ3n) is 3.28. The van der Waals surface area contributed by atoms with Crippen molar-refractivity contribution >= 4 is 5.91 Å². The average Bonchev–Trinajstić information content (AvgIpc) is 3.09. The summed E-state index contributed by atoms with van der Waals surface area (Å²) >= 11 is 0. The van der Waals surface area contributed by atoms with E-state index in [1.165, 1.54) is 6.26 Å². The maximum Gasteiger partial charge on any atom is 0.275 e. The van der Waals surface area contributed by atoms with Crippen LogP contribution in [-0.2, 0) is 0 Å². The van der Waals surface area contributed by atoms with Crippen LogP contribution in [0.1, 0.15) is 34.4 Å². The van der Waals surface area contributed by atoms with Gasteiger partial charge in [-0.3, -0.25) is 9.89 Å². The molecular formula is C12H14N4O2. The van der Waals surface area contributed by atoms with Gasteiger partial charge in [0.15, 0.2) is 11.6 Å². The van der Waals surface area contributed by atoms with Crippen LogP contribution in [0.5, 0.6) is 0 Å². The van der Waals surface area contributed by atoms with Crippen molar-refractivity contribution in [3.8, 4) is 0 Å². The highest BCUT2D eigenvalue weighted by atomic mass is 16.3. The van der Waals surface area contributed by atoms with E-state index in [4.69, 9.17) is 4.42 Å². The first-order chi connectivity index (χ1) is 8.74. The molecule has 0 aromatic carbocycles. The second kappa shape index (κ2) is 4.29. The number of amides is 1. The van der Waals surface area contributed by atoms with E-state index in [1.807, 2.05) is 11.0 Å². The smallest absolute Gasteiger partial charge is 0.275 e. The fourth-order valence-electron chi connectivity index (χ4n) is 2.32. The minimum absolute atomic E-state index is 0.0612. The lowest BCUT2D eigenvalue weighted by atomic mass is 10.1. The fraction of sp³-hybridized carbons (Fsp3) is 0.417. The number of nitrogens with one attached hydrogen (secondary N) is 1. The summed E-state index contributed by atoms with van der Waals surface area (Å²) in [5, 5.41) is 6.90. The molecule has 1 atom stereocenters. The Labute approximate surface area is 104 Å². The van der Waals surface area contributed by atoms with Crippen molar-refractivity contribution in [2.75, 3.05) is 13.1 Å². The molecule has 3 rings (SSSR count). The van der Waals surface area contributed by atoms with Gasteiger partial charge in [-0.25, -0.2) is 4.98 Å². The van der Waals surface area contributed by atoms with Gasteiger partial charge in [0.05, 0.1) is 0 Å². The van der Waals surface area contributed by atoms with Gasteiger partial charge in [0.2, 0.25) is 0 Å². The summed E-state index contributed by atoms with van der Waals surface area (Å²) in [5.41, 5.74) is 1.47. The number of likely N-dealkylation sites (tertiary alicyclic amines) is 1. The minimum atomic E-state index is -0.0612. The van der Waals surface area contributed by atoms with Crippen molar-refractivity contribution in [2.24, 2.45) is 0 Å². The average molecular weight is 246 g/mol. The Morgan fingerprint density at radius 3 is 3.17 bits per heavy atom. The summed E-state index contributed by atoms with van der Waals surface area (Å²) in [5.74, 6) is 0.793. The molecule has 1 N–H and O–H groups in total. The molecule has 3 heterocycles. The molecule has 0 radical (unpaired) electrons. The maximum absolute atomic E-state index is 12.2. The van der Waals surface area contributed by atoms with Crippen LogP contribution in [0.3, 0.4) is 0 Å². The predicted octanol–water partition coefficient (Wildman–Crippen LogP) is 1.34. The molecule has 6 nitrogen and oxygen atoms in total. The van der Waals surface area contributed by atoms with Crippen molar-refractivity contribution in [3.63, 3.8) is 0 Å². The highest BCUT2D eigenvalue weighted by Gasteiger charge is 2.29. The molecule has 0 aliphatic carbocycles. The van der Waals surface area contributed by atoms with Crippen molar-refractivity contribution in [1.29, 1.82) is 0 Å². The summed E-state index contributed by atoms with van der Waals surface area (Å²) in [6.45, 7) is 3.18. The zero-order chi connectivity index (χ0) is 12.5. The molecule has 1 fully saturated rings. The second-order valence-corrected chi connectivity index (χ2v) is 4.50. The van der Waals surface area contributed by atoms with Crippen LogP contribution in [0.15, 0.2) is 22.9 Å². The number of carbonyl (C=O) groups excluding carboxylic acids is 1. The Kier molecular flexibility index (Phi) is 2.62. The molecule has 0 bridgehead atoms. The topological polar surface area (TPSA) is 75.0 Å². The SMILES string of the molecule is Cc1nc(C(=O)N2CC[C@@H](c3ccn[nH]3)C2)co1. The van der Waals surface area contributed by atoms with E-state index in [9.17, 15) is 4.79 Å². The number of oxazole rings is 1. The quantitative estimate of drug-likeness (QED) is 0.867. The third kappa shape index (κ3) is 1.90. The normalized spacial score (nSPS) is 19.4. The Morgan fingerprint density at radius 2 is 2.50 bits per heavy atom. The first-order valence-electron chi connectivity index (χ1n) is 5.94. The van der Waals surface area contributed by atoms with E-state index in [0.29, 0.717) is 24.0 Å². The zero-order valence-corrected chi connectivity index (χ0v) is 10.1. The van der Waals surface area contributed by atoms with E-state index >= 15 is 0 Å². The molecule has 18 heavy (non-hydrogen) atoms. The number of aromatic nitrogens is 3. The lowest BCUT2D eigenvalue weighted by molar-refractivity contribution is 0.0785. The molecule has 0 unspecified atom stereocenters. The van der Waals surface area contributed by atoms with E-state index in [1.54, 1.807) is 13.1 Å². The van der Waals surface area contributed by atoms with Gasteiger partial charge in [0.1, 0.15) is 6.26 Å². The van der Waals surface area contributed by atoms with Crippen LogP contribution >= 0.6 is 0 Å². The van der Waals surface area contributed by atoms with Gasteiger partial charge < -0.3 is 9.32 Å². The number of aryl methyl sites for hydroxylation is 1. The van der Waals surface area contributed by atoms with Crippen molar-refractivity contribution < 1.29 is 9.21 Å². The number of hydrogen-bond acceptors (Lipinski definition) is 4. The van der Waals surface area contributed by atoms with Crippen molar-refractivity contribution in [2.45, 2.75) is 19.3 Å². The van der Waals surface area contributed by atoms with Crippen LogP contribution < -0.4 is 0 Å². The van der Waals surface area contributed by atoms with Gasteiger partial charge in [-0.2, -0.15) is 5.10 Å². The first kappa shape index (κ1) is 11.0. The molecule has 0 spiro atoms. The van der Waals surface area contributed by atoms with Crippen molar-refractivity contribution in [3.05, 3.63) is 35.8 Å². The highest BCUT2D eigenvalue weighted by Crippen LogP contribution is 2.26. The predicted molar refractivity (Wildman–Crippen MR) is 63.1 cm³/mol. The van der Waals surface area contributed by atoms with Gasteiger partial charge in [0, 0.05) is 37.8 Å². The molecule has 2 aromatic heterocycles. The largest absolute Gasteiger partial charge is 0.448 e. The lowest BCUT2D eigenvalue weighted by Crippen LogP contribution is -2.28. The minimum Gasteiger partial charge on any atom is -0.448 e. The molecule has 6 heteroatoms. The van der Waals surface area contributed by atoms with Crippen LogP contribution in [0.4, 0.5) is 0 Å². The number of aromatic amines is 1. The van der Waals surface area contributed by atoms with Crippen molar-refractivity contribution in [1.82, 2.24) is 20.1 Å². The number of H-pyrrole nitrogens is 1. The number of carbonyl (C=O) groups is 1. The summed E-state index contributed by atoms with van der Waals surface area (Å²) < 4.78 is 5.07. The third-order valence-corrected chi connectivity index (χ3v) is 3.28.